The maximum Gasteiger partial charge on any atom is 0.255 e. The summed E-state index contributed by atoms with van der Waals surface area (Å²) in [6.07, 6.45) is 2.06. The van der Waals surface area contributed by atoms with Crippen LogP contribution in [-0.4, -0.2) is 40.4 Å². The average molecular weight is 350 g/mol. The molecule has 2 aliphatic rings. The number of likely N-dealkylation sites (tertiary alicyclic amines) is 1. The molecule has 0 spiro atoms. The number of amides is 2. The number of fused-ring (bicyclic) bond motifs is 1. The molecule has 1 aliphatic heterocycles. The molecule has 134 valence electrons. The Balaban J connectivity index is 1.41. The molecule has 5 nitrogen and oxygen atoms in total. The normalized spacial score (nSPS) is 19.7. The van der Waals surface area contributed by atoms with Crippen LogP contribution in [0.5, 0.6) is 5.75 Å². The number of aryl methyl sites for hydroxylation is 1. The Kier molecular flexibility index (Phi) is 4.15. The van der Waals surface area contributed by atoms with Crippen LogP contribution in [0.15, 0.2) is 42.5 Å². The van der Waals surface area contributed by atoms with Gasteiger partial charge in [-0.25, -0.2) is 0 Å². The van der Waals surface area contributed by atoms with Crippen molar-refractivity contribution in [2.75, 3.05) is 6.54 Å². The van der Waals surface area contributed by atoms with E-state index in [9.17, 15) is 14.7 Å². The van der Waals surface area contributed by atoms with Gasteiger partial charge in [0.05, 0.1) is 11.6 Å². The van der Waals surface area contributed by atoms with E-state index in [2.05, 4.69) is 17.4 Å². The molecule has 0 aromatic heterocycles. The summed E-state index contributed by atoms with van der Waals surface area (Å²) in [5.74, 6) is -0.284. The third-order valence-electron chi connectivity index (χ3n) is 5.36. The van der Waals surface area contributed by atoms with Gasteiger partial charge in [-0.15, -0.1) is 0 Å². The molecule has 0 radical (unpaired) electrons. The van der Waals surface area contributed by atoms with Gasteiger partial charge in [0.1, 0.15) is 5.75 Å². The van der Waals surface area contributed by atoms with Crippen LogP contribution in [0.2, 0.25) is 0 Å². The van der Waals surface area contributed by atoms with Crippen LogP contribution in [0.1, 0.15) is 33.5 Å². The zero-order chi connectivity index (χ0) is 18.3. The van der Waals surface area contributed by atoms with Gasteiger partial charge in [0.15, 0.2) is 0 Å². The number of nitrogens with one attached hydrogen (secondary N) is 1. The summed E-state index contributed by atoms with van der Waals surface area (Å²) in [4.78, 5) is 26.8. The molecule has 4 rings (SSSR count). The highest BCUT2D eigenvalue weighted by atomic mass is 16.3. The van der Waals surface area contributed by atoms with Crippen molar-refractivity contribution < 1.29 is 14.7 Å². The molecule has 0 unspecified atom stereocenters. The minimum absolute atomic E-state index is 0.0325. The maximum atomic E-state index is 12.5. The van der Waals surface area contributed by atoms with E-state index in [1.54, 1.807) is 18.2 Å². The number of carbonyl (C=O) groups excluding carboxylic acids is 2. The van der Waals surface area contributed by atoms with Gasteiger partial charge in [0.2, 0.25) is 5.91 Å². The van der Waals surface area contributed by atoms with Crippen molar-refractivity contribution in [1.29, 1.82) is 0 Å². The summed E-state index contributed by atoms with van der Waals surface area (Å²) in [6, 6.07) is 13.2. The molecule has 26 heavy (non-hydrogen) atoms. The summed E-state index contributed by atoms with van der Waals surface area (Å²) in [5.41, 5.74) is 3.75. The first-order valence-electron chi connectivity index (χ1n) is 8.98. The van der Waals surface area contributed by atoms with Crippen molar-refractivity contribution in [3.63, 3.8) is 0 Å². The average Bonchev–Trinajstić information content (AvgIpc) is 3.17. The maximum absolute atomic E-state index is 12.5. The Hall–Kier alpha value is -2.82. The zero-order valence-corrected chi connectivity index (χ0v) is 14.7. The van der Waals surface area contributed by atoms with Crippen LogP contribution in [-0.2, 0) is 17.6 Å². The first kappa shape index (κ1) is 16.6. The van der Waals surface area contributed by atoms with Crippen LogP contribution in [0.4, 0.5) is 0 Å². The number of phenols is 1. The second kappa shape index (κ2) is 6.48. The first-order chi connectivity index (χ1) is 12.5. The molecule has 1 saturated heterocycles. The molecule has 1 atom stereocenters. The minimum Gasteiger partial charge on any atom is -0.507 e. The highest BCUT2D eigenvalue weighted by molar-refractivity contribution is 5.97. The summed E-state index contributed by atoms with van der Waals surface area (Å²) < 4.78 is 0. The highest BCUT2D eigenvalue weighted by Gasteiger charge is 2.37. The van der Waals surface area contributed by atoms with Crippen LogP contribution in [0.25, 0.3) is 0 Å². The lowest BCUT2D eigenvalue weighted by molar-refractivity contribution is -0.129. The Morgan fingerprint density at radius 2 is 1.81 bits per heavy atom. The van der Waals surface area contributed by atoms with Gasteiger partial charge in [-0.3, -0.25) is 9.59 Å². The zero-order valence-electron chi connectivity index (χ0n) is 14.7. The topological polar surface area (TPSA) is 69.6 Å². The van der Waals surface area contributed by atoms with Gasteiger partial charge in [0.25, 0.3) is 5.91 Å². The third kappa shape index (κ3) is 3.05. The largest absolute Gasteiger partial charge is 0.507 e. The molecule has 0 bridgehead atoms. The number of phenolic OH excluding ortho intramolecular Hbond substituents is 1. The van der Waals surface area contributed by atoms with E-state index in [0.717, 1.165) is 18.4 Å². The van der Waals surface area contributed by atoms with Crippen LogP contribution in [0, 0.1) is 6.92 Å². The Bertz CT molecular complexity index is 852. The molecule has 2 aromatic rings. The fourth-order valence-electron chi connectivity index (χ4n) is 4.03. The van der Waals surface area contributed by atoms with E-state index in [-0.39, 0.29) is 35.2 Å². The molecular formula is C21H22N2O3. The summed E-state index contributed by atoms with van der Waals surface area (Å²) in [5, 5.41) is 12.9. The fraction of sp³-hybridized carbons (Fsp3) is 0.333. The van der Waals surface area contributed by atoms with Gasteiger partial charge in [-0.05, 0) is 48.6 Å². The number of aromatic hydroxyl groups is 1. The van der Waals surface area contributed by atoms with Gasteiger partial charge in [-0.2, -0.15) is 0 Å². The van der Waals surface area contributed by atoms with Crippen molar-refractivity contribution in [1.82, 2.24) is 10.2 Å². The monoisotopic (exact) mass is 350 g/mol. The summed E-state index contributed by atoms with van der Waals surface area (Å²) in [6.45, 7) is 2.38. The number of hydrogen-bond acceptors (Lipinski definition) is 3. The predicted molar refractivity (Wildman–Crippen MR) is 98.1 cm³/mol. The molecular weight excluding hydrogens is 328 g/mol. The van der Waals surface area contributed by atoms with Crippen molar-refractivity contribution in [3.8, 4) is 5.75 Å². The Morgan fingerprint density at radius 1 is 1.12 bits per heavy atom. The Morgan fingerprint density at radius 3 is 2.46 bits per heavy atom. The molecule has 1 heterocycles. The minimum atomic E-state index is -0.336. The second-order valence-electron chi connectivity index (χ2n) is 7.27. The molecule has 5 heteroatoms. The lowest BCUT2D eigenvalue weighted by Gasteiger charge is -2.24. The van der Waals surface area contributed by atoms with E-state index in [1.807, 2.05) is 24.0 Å². The quantitative estimate of drug-likeness (QED) is 0.892. The number of rotatable bonds is 3. The summed E-state index contributed by atoms with van der Waals surface area (Å²) >= 11 is 0. The fourth-order valence-corrected chi connectivity index (χ4v) is 4.03. The van der Waals surface area contributed by atoms with E-state index in [0.29, 0.717) is 13.0 Å². The van der Waals surface area contributed by atoms with E-state index in [4.69, 9.17) is 0 Å². The van der Waals surface area contributed by atoms with Crippen LogP contribution >= 0.6 is 0 Å². The van der Waals surface area contributed by atoms with E-state index >= 15 is 0 Å². The van der Waals surface area contributed by atoms with Gasteiger partial charge in [0, 0.05) is 19.0 Å². The lowest BCUT2D eigenvalue weighted by atomic mass is 10.1. The van der Waals surface area contributed by atoms with E-state index in [1.165, 1.54) is 11.1 Å². The SMILES string of the molecule is Cc1ccc(C(=O)N[C@H]2CC(=O)N(C3Cc4ccccc4C3)C2)c(O)c1. The highest BCUT2D eigenvalue weighted by Crippen LogP contribution is 2.28. The number of benzene rings is 2. The molecule has 1 fully saturated rings. The smallest absolute Gasteiger partial charge is 0.255 e. The van der Waals surface area contributed by atoms with Gasteiger partial charge < -0.3 is 15.3 Å². The lowest BCUT2D eigenvalue weighted by Crippen LogP contribution is -2.41. The molecule has 2 aromatic carbocycles. The second-order valence-corrected chi connectivity index (χ2v) is 7.27. The predicted octanol–water partition coefficient (Wildman–Crippen LogP) is 2.20. The van der Waals surface area contributed by atoms with Crippen molar-refractivity contribution in [2.24, 2.45) is 0 Å². The van der Waals surface area contributed by atoms with Crippen LogP contribution in [0.3, 0.4) is 0 Å². The number of nitrogens with zero attached hydrogens (tertiary/aromatic N) is 1. The van der Waals surface area contributed by atoms with Gasteiger partial charge in [-0.1, -0.05) is 30.3 Å². The molecule has 1 aliphatic carbocycles. The van der Waals surface area contributed by atoms with Crippen molar-refractivity contribution in [2.45, 2.75) is 38.3 Å². The Labute approximate surface area is 152 Å². The van der Waals surface area contributed by atoms with Crippen LogP contribution < -0.4 is 5.32 Å². The van der Waals surface area contributed by atoms with Crippen molar-refractivity contribution in [3.05, 3.63) is 64.7 Å². The number of carbonyl (C=O) groups is 2. The third-order valence-corrected chi connectivity index (χ3v) is 5.36. The first-order valence-corrected chi connectivity index (χ1v) is 8.98. The molecule has 0 saturated carbocycles. The molecule has 2 amide bonds. The van der Waals surface area contributed by atoms with E-state index < -0.39 is 0 Å². The standard InChI is InChI=1S/C21H22N2O3/c1-13-6-7-18(19(24)8-13)21(26)22-16-11-20(25)23(12-16)17-9-14-4-2-3-5-15(14)10-17/h2-8,16-17,24H,9-12H2,1H3,(H,22,26)/t16-/m0/s1. The number of hydrogen-bond donors (Lipinski definition) is 2. The van der Waals surface area contributed by atoms with Crippen molar-refractivity contribution >= 4 is 11.8 Å². The molecule has 2 N–H and O–H groups in total. The summed E-state index contributed by atoms with van der Waals surface area (Å²) in [7, 11) is 0. The van der Waals surface area contributed by atoms with Gasteiger partial charge >= 0.3 is 0 Å².